The molecule has 0 saturated carbocycles. The van der Waals surface area contributed by atoms with Crippen molar-refractivity contribution >= 4 is 5.97 Å². The number of rotatable bonds is 4. The average molecular weight is 261 g/mol. The standard InChI is InChI=1S/C13H15N3O3/c1-9(13(17)19-3)10-7-15-16(8-10)12-6-11(18-2)4-5-14-12/h4-9H,1-3H3. The van der Waals surface area contributed by atoms with Gasteiger partial charge >= 0.3 is 5.97 Å². The van der Waals surface area contributed by atoms with Gasteiger partial charge in [-0.1, -0.05) is 0 Å². The molecular weight excluding hydrogens is 246 g/mol. The molecule has 2 heterocycles. The van der Waals surface area contributed by atoms with E-state index in [1.165, 1.54) is 7.11 Å². The third-order valence-corrected chi connectivity index (χ3v) is 2.84. The van der Waals surface area contributed by atoms with Crippen LogP contribution in [0.5, 0.6) is 5.75 Å². The van der Waals surface area contributed by atoms with E-state index in [1.54, 1.807) is 49.4 Å². The molecule has 19 heavy (non-hydrogen) atoms. The summed E-state index contributed by atoms with van der Waals surface area (Å²) in [6.07, 6.45) is 5.02. The van der Waals surface area contributed by atoms with Gasteiger partial charge in [-0.05, 0) is 13.0 Å². The minimum Gasteiger partial charge on any atom is -0.497 e. The number of aromatic nitrogens is 3. The number of nitrogens with zero attached hydrogens (tertiary/aromatic N) is 3. The van der Waals surface area contributed by atoms with Gasteiger partial charge in [-0.25, -0.2) is 9.67 Å². The second kappa shape index (κ2) is 5.51. The Hall–Kier alpha value is -2.37. The first-order chi connectivity index (χ1) is 9.15. The van der Waals surface area contributed by atoms with Crippen molar-refractivity contribution in [2.45, 2.75) is 12.8 Å². The van der Waals surface area contributed by atoms with Crippen molar-refractivity contribution in [3.63, 3.8) is 0 Å². The molecule has 100 valence electrons. The number of methoxy groups -OCH3 is 2. The lowest BCUT2D eigenvalue weighted by Gasteiger charge is -2.05. The first-order valence-corrected chi connectivity index (χ1v) is 5.78. The largest absolute Gasteiger partial charge is 0.497 e. The Morgan fingerprint density at radius 1 is 1.42 bits per heavy atom. The zero-order chi connectivity index (χ0) is 13.8. The van der Waals surface area contributed by atoms with Gasteiger partial charge in [0.25, 0.3) is 0 Å². The Bertz CT molecular complexity index is 580. The molecule has 6 heteroatoms. The Labute approximate surface area is 111 Å². The molecule has 0 aliphatic heterocycles. The normalized spacial score (nSPS) is 11.9. The third kappa shape index (κ3) is 2.73. The van der Waals surface area contributed by atoms with Gasteiger partial charge in [-0.3, -0.25) is 4.79 Å². The molecule has 2 rings (SSSR count). The molecule has 0 fully saturated rings. The molecule has 0 aliphatic carbocycles. The van der Waals surface area contributed by atoms with Crippen molar-refractivity contribution in [1.29, 1.82) is 0 Å². The maximum atomic E-state index is 11.5. The summed E-state index contributed by atoms with van der Waals surface area (Å²) in [6.45, 7) is 1.77. The van der Waals surface area contributed by atoms with Crippen molar-refractivity contribution in [1.82, 2.24) is 14.8 Å². The van der Waals surface area contributed by atoms with Crippen LogP contribution in [-0.2, 0) is 9.53 Å². The first kappa shape index (κ1) is 13.1. The van der Waals surface area contributed by atoms with Crippen LogP contribution in [-0.4, -0.2) is 35.0 Å². The SMILES string of the molecule is COC(=O)C(C)c1cnn(-c2cc(OC)ccn2)c1. The van der Waals surface area contributed by atoms with Gasteiger partial charge in [0.2, 0.25) is 0 Å². The Balaban J connectivity index is 2.27. The molecule has 0 saturated heterocycles. The second-order valence-electron chi connectivity index (χ2n) is 4.02. The molecule has 0 N–H and O–H groups in total. The topological polar surface area (TPSA) is 66.2 Å². The van der Waals surface area contributed by atoms with Gasteiger partial charge < -0.3 is 9.47 Å². The zero-order valence-electron chi connectivity index (χ0n) is 11.0. The van der Waals surface area contributed by atoms with Gasteiger partial charge in [-0.15, -0.1) is 0 Å². The molecule has 0 aromatic carbocycles. The van der Waals surface area contributed by atoms with Crippen molar-refractivity contribution in [2.75, 3.05) is 14.2 Å². The number of esters is 1. The monoisotopic (exact) mass is 261 g/mol. The molecule has 2 aromatic heterocycles. The molecule has 0 radical (unpaired) electrons. The number of carbonyl (C=O) groups is 1. The molecule has 6 nitrogen and oxygen atoms in total. The summed E-state index contributed by atoms with van der Waals surface area (Å²) in [4.78, 5) is 15.7. The van der Waals surface area contributed by atoms with E-state index in [-0.39, 0.29) is 11.9 Å². The van der Waals surface area contributed by atoms with E-state index >= 15 is 0 Å². The quantitative estimate of drug-likeness (QED) is 0.781. The Morgan fingerprint density at radius 3 is 2.89 bits per heavy atom. The highest BCUT2D eigenvalue weighted by Crippen LogP contribution is 2.18. The highest BCUT2D eigenvalue weighted by Gasteiger charge is 2.17. The predicted molar refractivity (Wildman–Crippen MR) is 68.3 cm³/mol. The third-order valence-electron chi connectivity index (χ3n) is 2.84. The second-order valence-corrected chi connectivity index (χ2v) is 4.02. The summed E-state index contributed by atoms with van der Waals surface area (Å²) in [6, 6.07) is 3.52. The summed E-state index contributed by atoms with van der Waals surface area (Å²) in [7, 11) is 2.96. The van der Waals surface area contributed by atoms with Gasteiger partial charge in [0.15, 0.2) is 5.82 Å². The number of carbonyl (C=O) groups excluding carboxylic acids is 1. The fourth-order valence-electron chi connectivity index (χ4n) is 1.65. The Kier molecular flexibility index (Phi) is 3.79. The molecule has 0 bridgehead atoms. The van der Waals surface area contributed by atoms with Crippen LogP contribution in [0, 0.1) is 0 Å². The van der Waals surface area contributed by atoms with Gasteiger partial charge in [-0.2, -0.15) is 5.10 Å². The molecule has 1 unspecified atom stereocenters. The van der Waals surface area contributed by atoms with E-state index in [1.807, 2.05) is 0 Å². The number of hydrogen-bond acceptors (Lipinski definition) is 5. The maximum Gasteiger partial charge on any atom is 0.312 e. The van der Waals surface area contributed by atoms with Crippen LogP contribution in [0.4, 0.5) is 0 Å². The summed E-state index contributed by atoms with van der Waals surface area (Å²) in [5, 5.41) is 4.19. The van der Waals surface area contributed by atoms with Crippen molar-refractivity contribution < 1.29 is 14.3 Å². The molecule has 0 aliphatic rings. The van der Waals surface area contributed by atoms with Crippen LogP contribution >= 0.6 is 0 Å². The van der Waals surface area contributed by atoms with E-state index in [0.717, 1.165) is 5.56 Å². The van der Waals surface area contributed by atoms with Crippen LogP contribution in [0.3, 0.4) is 0 Å². The molecule has 0 amide bonds. The summed E-state index contributed by atoms with van der Waals surface area (Å²) in [5.41, 5.74) is 0.775. The van der Waals surface area contributed by atoms with E-state index in [0.29, 0.717) is 11.6 Å². The van der Waals surface area contributed by atoms with Gasteiger partial charge in [0.05, 0.1) is 26.3 Å². The molecule has 2 aromatic rings. The van der Waals surface area contributed by atoms with Gasteiger partial charge in [0, 0.05) is 24.0 Å². The molecule has 1 atom stereocenters. The van der Waals surface area contributed by atoms with Crippen LogP contribution in [0.2, 0.25) is 0 Å². The van der Waals surface area contributed by atoms with E-state index in [2.05, 4.69) is 10.1 Å². The smallest absolute Gasteiger partial charge is 0.312 e. The van der Waals surface area contributed by atoms with Gasteiger partial charge in [0.1, 0.15) is 5.75 Å². The number of hydrogen-bond donors (Lipinski definition) is 0. The molecule has 0 spiro atoms. The minimum absolute atomic E-state index is 0.293. The lowest BCUT2D eigenvalue weighted by Crippen LogP contribution is -2.10. The van der Waals surface area contributed by atoms with Crippen LogP contribution < -0.4 is 4.74 Å². The number of pyridine rings is 1. The zero-order valence-corrected chi connectivity index (χ0v) is 11.0. The number of ether oxygens (including phenoxy) is 2. The van der Waals surface area contributed by atoms with Crippen LogP contribution in [0.25, 0.3) is 5.82 Å². The van der Waals surface area contributed by atoms with Crippen molar-refractivity contribution in [3.8, 4) is 11.6 Å². The fourth-order valence-corrected chi connectivity index (χ4v) is 1.65. The van der Waals surface area contributed by atoms with Crippen molar-refractivity contribution in [2.24, 2.45) is 0 Å². The Morgan fingerprint density at radius 2 is 2.21 bits per heavy atom. The van der Waals surface area contributed by atoms with Crippen LogP contribution in [0.15, 0.2) is 30.7 Å². The summed E-state index contributed by atoms with van der Waals surface area (Å²) >= 11 is 0. The fraction of sp³-hybridized carbons (Fsp3) is 0.308. The summed E-state index contributed by atoms with van der Waals surface area (Å²) in [5.74, 6) is 0.674. The highest BCUT2D eigenvalue weighted by atomic mass is 16.5. The average Bonchev–Trinajstić information content (AvgIpc) is 2.95. The van der Waals surface area contributed by atoms with Crippen molar-refractivity contribution in [3.05, 3.63) is 36.3 Å². The van der Waals surface area contributed by atoms with E-state index < -0.39 is 0 Å². The molecular formula is C13H15N3O3. The minimum atomic E-state index is -0.357. The lowest BCUT2D eigenvalue weighted by molar-refractivity contribution is -0.141. The lowest BCUT2D eigenvalue weighted by atomic mass is 10.1. The van der Waals surface area contributed by atoms with E-state index in [4.69, 9.17) is 9.47 Å². The first-order valence-electron chi connectivity index (χ1n) is 5.78. The van der Waals surface area contributed by atoms with Crippen LogP contribution in [0.1, 0.15) is 18.4 Å². The summed E-state index contributed by atoms with van der Waals surface area (Å²) < 4.78 is 11.4. The maximum absolute atomic E-state index is 11.5. The predicted octanol–water partition coefficient (Wildman–Crippen LogP) is 1.55. The van der Waals surface area contributed by atoms with E-state index in [9.17, 15) is 4.79 Å². The highest BCUT2D eigenvalue weighted by molar-refractivity contribution is 5.77.